The number of carbonyl (C=O) groups excluding carboxylic acids is 1. The maximum atomic E-state index is 11.8. The summed E-state index contributed by atoms with van der Waals surface area (Å²) in [6.45, 7) is 8.29. The third kappa shape index (κ3) is 3.16. The van der Waals surface area contributed by atoms with E-state index in [0.29, 0.717) is 0 Å². The molecule has 15 heavy (non-hydrogen) atoms. The fourth-order valence-corrected chi connectivity index (χ4v) is 1.63. The van der Waals surface area contributed by atoms with Gasteiger partial charge < -0.3 is 0 Å². The highest BCUT2D eigenvalue weighted by Crippen LogP contribution is 2.23. The Labute approximate surface area is 100 Å². The van der Waals surface area contributed by atoms with Crippen molar-refractivity contribution in [2.24, 2.45) is 0 Å². The Morgan fingerprint density at radius 1 is 1.33 bits per heavy atom. The van der Waals surface area contributed by atoms with Crippen LogP contribution in [0.3, 0.4) is 0 Å². The fourth-order valence-electron chi connectivity index (χ4n) is 1.37. The van der Waals surface area contributed by atoms with Gasteiger partial charge >= 0.3 is 0 Å². The lowest BCUT2D eigenvalue weighted by molar-refractivity contribution is 0.0995. The van der Waals surface area contributed by atoms with Crippen LogP contribution in [-0.4, -0.2) is 10.6 Å². The minimum Gasteiger partial charge on any atom is -0.293 e. The van der Waals surface area contributed by atoms with Crippen molar-refractivity contribution in [1.29, 1.82) is 0 Å². The van der Waals surface area contributed by atoms with Crippen LogP contribution in [0.5, 0.6) is 0 Å². The van der Waals surface area contributed by atoms with Gasteiger partial charge in [-0.2, -0.15) is 0 Å². The molecule has 1 aromatic carbocycles. The molecule has 0 saturated heterocycles. The second-order valence-corrected chi connectivity index (χ2v) is 6.18. The lowest BCUT2D eigenvalue weighted by Crippen LogP contribution is -2.14. The van der Waals surface area contributed by atoms with Gasteiger partial charge in [0.05, 0.1) is 4.83 Å². The average Bonchev–Trinajstić information content (AvgIpc) is 2.15. The first-order valence-corrected chi connectivity index (χ1v) is 6.03. The van der Waals surface area contributed by atoms with Gasteiger partial charge in [0.15, 0.2) is 5.78 Å². The maximum Gasteiger partial charge on any atom is 0.176 e. The molecule has 1 rings (SSSR count). The first kappa shape index (κ1) is 12.4. The lowest BCUT2D eigenvalue weighted by Gasteiger charge is -2.19. The first-order valence-electron chi connectivity index (χ1n) is 5.11. The summed E-state index contributed by atoms with van der Waals surface area (Å²) in [5, 5.41) is 0. The third-order valence-corrected chi connectivity index (χ3v) is 2.79. The van der Waals surface area contributed by atoms with Crippen molar-refractivity contribution in [1.82, 2.24) is 0 Å². The smallest absolute Gasteiger partial charge is 0.176 e. The second kappa shape index (κ2) is 4.48. The highest BCUT2D eigenvalue weighted by molar-refractivity contribution is 9.10. The Morgan fingerprint density at radius 2 is 1.93 bits per heavy atom. The number of hydrogen-bond acceptors (Lipinski definition) is 1. The van der Waals surface area contributed by atoms with Crippen LogP contribution in [0.4, 0.5) is 0 Å². The molecular weight excluding hydrogens is 252 g/mol. The Hall–Kier alpha value is -0.630. The zero-order valence-corrected chi connectivity index (χ0v) is 11.3. The molecule has 0 aliphatic rings. The Balaban J connectivity index is 3.09. The summed E-state index contributed by atoms with van der Waals surface area (Å²) in [7, 11) is 0. The van der Waals surface area contributed by atoms with Gasteiger partial charge in [-0.05, 0) is 24.0 Å². The number of hydrogen-bond donors (Lipinski definition) is 0. The first-order chi connectivity index (χ1) is 6.82. The van der Waals surface area contributed by atoms with E-state index in [1.165, 1.54) is 5.56 Å². The highest BCUT2D eigenvalue weighted by Gasteiger charge is 2.17. The number of benzene rings is 1. The summed E-state index contributed by atoms with van der Waals surface area (Å²) in [5.41, 5.74) is 2.07. The Kier molecular flexibility index (Phi) is 3.72. The minimum atomic E-state index is -0.118. The van der Waals surface area contributed by atoms with Gasteiger partial charge in [0.25, 0.3) is 0 Å². The molecule has 0 aliphatic heterocycles. The molecule has 0 aromatic heterocycles. The summed E-state index contributed by atoms with van der Waals surface area (Å²) < 4.78 is 0. The van der Waals surface area contributed by atoms with E-state index in [1.54, 1.807) is 0 Å². The molecule has 0 fully saturated rings. The molecular formula is C13H17BrO. The number of Topliss-reactive ketones (excluding diaryl/α,β-unsaturated/α-hetero) is 1. The van der Waals surface area contributed by atoms with E-state index < -0.39 is 0 Å². The molecule has 0 N–H and O–H groups in total. The molecule has 0 saturated carbocycles. The quantitative estimate of drug-likeness (QED) is 0.587. The zero-order chi connectivity index (χ0) is 11.6. The van der Waals surface area contributed by atoms with Crippen LogP contribution in [-0.2, 0) is 5.41 Å². The predicted octanol–water partition coefficient (Wildman–Crippen LogP) is 3.95. The third-order valence-electron chi connectivity index (χ3n) is 2.37. The van der Waals surface area contributed by atoms with Crippen molar-refractivity contribution in [3.05, 3.63) is 35.4 Å². The number of carbonyl (C=O) groups is 1. The molecule has 82 valence electrons. The summed E-state index contributed by atoms with van der Waals surface area (Å²) in [4.78, 5) is 11.7. The molecule has 1 atom stereocenters. The Morgan fingerprint density at radius 3 is 2.40 bits per heavy atom. The predicted molar refractivity (Wildman–Crippen MR) is 67.9 cm³/mol. The Bertz CT molecular complexity index is 361. The van der Waals surface area contributed by atoms with Crippen LogP contribution in [0.25, 0.3) is 0 Å². The van der Waals surface area contributed by atoms with Crippen molar-refractivity contribution < 1.29 is 4.79 Å². The fraction of sp³-hybridized carbons (Fsp3) is 0.462. The van der Waals surface area contributed by atoms with E-state index in [1.807, 2.05) is 25.1 Å². The van der Waals surface area contributed by atoms with Crippen LogP contribution in [0.2, 0.25) is 0 Å². The second-order valence-electron chi connectivity index (χ2n) is 4.81. The lowest BCUT2D eigenvalue weighted by atomic mass is 9.86. The van der Waals surface area contributed by atoms with Crippen LogP contribution < -0.4 is 0 Å². The van der Waals surface area contributed by atoms with Gasteiger partial charge in [-0.3, -0.25) is 4.79 Å². The van der Waals surface area contributed by atoms with E-state index in [4.69, 9.17) is 0 Å². The van der Waals surface area contributed by atoms with Gasteiger partial charge in [0.2, 0.25) is 0 Å². The number of rotatable bonds is 2. The van der Waals surface area contributed by atoms with E-state index in [9.17, 15) is 4.79 Å². The van der Waals surface area contributed by atoms with Gasteiger partial charge in [0, 0.05) is 5.56 Å². The van der Waals surface area contributed by atoms with Crippen molar-refractivity contribution in [3.63, 3.8) is 0 Å². The molecule has 1 nitrogen and oxygen atoms in total. The van der Waals surface area contributed by atoms with Gasteiger partial charge in [-0.15, -0.1) is 0 Å². The van der Waals surface area contributed by atoms with Crippen molar-refractivity contribution in [2.45, 2.75) is 37.9 Å². The largest absolute Gasteiger partial charge is 0.293 e. The molecule has 1 unspecified atom stereocenters. The van der Waals surface area contributed by atoms with Gasteiger partial charge in [0.1, 0.15) is 0 Å². The number of halogens is 1. The normalized spacial score (nSPS) is 13.7. The highest BCUT2D eigenvalue weighted by atomic mass is 79.9. The molecule has 2 heteroatoms. The van der Waals surface area contributed by atoms with E-state index in [-0.39, 0.29) is 16.0 Å². The molecule has 0 amide bonds. The molecule has 1 aromatic rings. The summed E-state index contributed by atoms with van der Waals surface area (Å²) in [6, 6.07) is 7.87. The van der Waals surface area contributed by atoms with Crippen LogP contribution in [0.1, 0.15) is 43.6 Å². The van der Waals surface area contributed by atoms with Crippen molar-refractivity contribution in [2.75, 3.05) is 0 Å². The minimum absolute atomic E-state index is 0.0891. The van der Waals surface area contributed by atoms with E-state index in [0.717, 1.165) is 5.56 Å². The summed E-state index contributed by atoms with van der Waals surface area (Å²) >= 11 is 3.30. The summed E-state index contributed by atoms with van der Waals surface area (Å²) in [5.74, 6) is 0.140. The standard InChI is InChI=1S/C13H17BrO/c1-9(14)12(15)10-6-5-7-11(8-10)13(2,3)4/h5-9H,1-4H3. The monoisotopic (exact) mass is 268 g/mol. The topological polar surface area (TPSA) is 17.1 Å². The number of ketones is 1. The summed E-state index contributed by atoms with van der Waals surface area (Å²) in [6.07, 6.45) is 0. The number of alkyl halides is 1. The van der Waals surface area contributed by atoms with Gasteiger partial charge in [-0.1, -0.05) is 54.9 Å². The molecule has 0 heterocycles. The van der Waals surface area contributed by atoms with Crippen molar-refractivity contribution in [3.8, 4) is 0 Å². The van der Waals surface area contributed by atoms with E-state index in [2.05, 4.69) is 42.8 Å². The van der Waals surface area contributed by atoms with Crippen LogP contribution in [0, 0.1) is 0 Å². The average molecular weight is 269 g/mol. The zero-order valence-electron chi connectivity index (χ0n) is 9.67. The van der Waals surface area contributed by atoms with Crippen LogP contribution >= 0.6 is 15.9 Å². The van der Waals surface area contributed by atoms with E-state index >= 15 is 0 Å². The molecule has 0 bridgehead atoms. The van der Waals surface area contributed by atoms with Gasteiger partial charge in [-0.25, -0.2) is 0 Å². The maximum absolute atomic E-state index is 11.8. The molecule has 0 radical (unpaired) electrons. The van der Waals surface area contributed by atoms with Crippen molar-refractivity contribution >= 4 is 21.7 Å². The molecule has 0 spiro atoms. The van der Waals surface area contributed by atoms with Crippen LogP contribution in [0.15, 0.2) is 24.3 Å². The SMILES string of the molecule is CC(Br)C(=O)c1cccc(C(C)(C)C)c1. The molecule has 0 aliphatic carbocycles.